The lowest BCUT2D eigenvalue weighted by atomic mass is 9.72. The second-order valence-electron chi connectivity index (χ2n) is 7.39. The second kappa shape index (κ2) is 6.40. The number of anilines is 2. The van der Waals surface area contributed by atoms with Crippen LogP contribution in [0.25, 0.3) is 5.57 Å². The third-order valence-corrected chi connectivity index (χ3v) is 5.09. The average molecular weight is 335 g/mol. The molecule has 2 N–H and O–H groups in total. The van der Waals surface area contributed by atoms with Crippen molar-refractivity contribution in [3.05, 3.63) is 64.7 Å². The van der Waals surface area contributed by atoms with E-state index in [1.165, 1.54) is 22.3 Å². The van der Waals surface area contributed by atoms with Gasteiger partial charge < -0.3 is 10.4 Å². The van der Waals surface area contributed by atoms with Crippen molar-refractivity contribution in [2.24, 2.45) is 0 Å². The molecule has 0 saturated carbocycles. The number of carboxylic acids is 1. The van der Waals surface area contributed by atoms with Gasteiger partial charge in [-0.25, -0.2) is 4.79 Å². The van der Waals surface area contributed by atoms with Crippen molar-refractivity contribution in [3.63, 3.8) is 0 Å². The van der Waals surface area contributed by atoms with E-state index < -0.39 is 5.97 Å². The molecule has 0 radical (unpaired) electrons. The Balaban J connectivity index is 1.98. The Morgan fingerprint density at radius 1 is 1.20 bits per heavy atom. The smallest absolute Gasteiger partial charge is 0.335 e. The fourth-order valence-corrected chi connectivity index (χ4v) is 3.45. The molecular weight excluding hydrogens is 310 g/mol. The zero-order chi connectivity index (χ0) is 18.2. The van der Waals surface area contributed by atoms with E-state index in [1.807, 2.05) is 12.1 Å². The standard InChI is InChI=1S/C22H25NO2/c1-5-15-10-11-22(3,4)19-13-20(14(2)12-18(15)19)23-17-8-6-16(7-9-17)21(24)25/h6-10,12-13,23H,5,11H2,1-4H3,(H,24,25). The Labute approximate surface area is 149 Å². The SMILES string of the molecule is CCC1=CCC(C)(C)c2cc(Nc3ccc(C(=O)O)cc3)c(C)cc21. The Kier molecular flexibility index (Phi) is 4.42. The van der Waals surface area contributed by atoms with Gasteiger partial charge in [-0.3, -0.25) is 0 Å². The first-order valence-corrected chi connectivity index (χ1v) is 8.76. The number of hydrogen-bond acceptors (Lipinski definition) is 2. The predicted octanol–water partition coefficient (Wildman–Crippen LogP) is 5.91. The largest absolute Gasteiger partial charge is 0.478 e. The summed E-state index contributed by atoms with van der Waals surface area (Å²) in [5, 5.41) is 12.5. The van der Waals surface area contributed by atoms with Gasteiger partial charge in [-0.15, -0.1) is 0 Å². The Hall–Kier alpha value is -2.55. The zero-order valence-electron chi connectivity index (χ0n) is 15.3. The molecular formula is C22H25NO2. The first-order chi connectivity index (χ1) is 11.8. The van der Waals surface area contributed by atoms with Gasteiger partial charge in [0.25, 0.3) is 0 Å². The van der Waals surface area contributed by atoms with Gasteiger partial charge >= 0.3 is 5.97 Å². The normalized spacial score (nSPS) is 15.3. The van der Waals surface area contributed by atoms with Crippen molar-refractivity contribution in [3.8, 4) is 0 Å². The van der Waals surface area contributed by atoms with Crippen LogP contribution in [0.15, 0.2) is 42.5 Å². The number of carboxylic acid groups (broad SMARTS) is 1. The molecule has 0 atom stereocenters. The molecule has 2 aromatic carbocycles. The number of fused-ring (bicyclic) bond motifs is 1. The summed E-state index contributed by atoms with van der Waals surface area (Å²) in [5.74, 6) is -0.905. The maximum absolute atomic E-state index is 11.0. The number of allylic oxidation sites excluding steroid dienone is 2. The van der Waals surface area contributed by atoms with E-state index in [0.29, 0.717) is 5.56 Å². The van der Waals surface area contributed by atoms with Gasteiger partial charge in [-0.1, -0.05) is 26.8 Å². The van der Waals surface area contributed by atoms with Crippen molar-refractivity contribution in [2.45, 2.75) is 46.0 Å². The quantitative estimate of drug-likeness (QED) is 0.730. The fourth-order valence-electron chi connectivity index (χ4n) is 3.45. The summed E-state index contributed by atoms with van der Waals surface area (Å²) in [7, 11) is 0. The van der Waals surface area contributed by atoms with Crippen LogP contribution in [0.3, 0.4) is 0 Å². The van der Waals surface area contributed by atoms with E-state index in [1.54, 1.807) is 12.1 Å². The van der Waals surface area contributed by atoms with Gasteiger partial charge in [0.15, 0.2) is 0 Å². The van der Waals surface area contributed by atoms with E-state index in [-0.39, 0.29) is 5.41 Å². The molecule has 0 spiro atoms. The lowest BCUT2D eigenvalue weighted by molar-refractivity contribution is 0.0697. The number of carbonyl (C=O) groups is 1. The van der Waals surface area contributed by atoms with Gasteiger partial charge in [0.1, 0.15) is 0 Å². The highest BCUT2D eigenvalue weighted by Gasteiger charge is 2.28. The molecule has 0 saturated heterocycles. The van der Waals surface area contributed by atoms with Gasteiger partial charge in [0.2, 0.25) is 0 Å². The molecule has 0 bridgehead atoms. The summed E-state index contributed by atoms with van der Waals surface area (Å²) >= 11 is 0. The molecule has 3 heteroatoms. The van der Waals surface area contributed by atoms with Crippen LogP contribution in [-0.4, -0.2) is 11.1 Å². The Morgan fingerprint density at radius 2 is 1.88 bits per heavy atom. The van der Waals surface area contributed by atoms with Crippen molar-refractivity contribution >= 4 is 22.9 Å². The van der Waals surface area contributed by atoms with Crippen LogP contribution in [0.4, 0.5) is 11.4 Å². The molecule has 130 valence electrons. The van der Waals surface area contributed by atoms with Crippen LogP contribution in [0.1, 0.15) is 60.7 Å². The van der Waals surface area contributed by atoms with Crippen molar-refractivity contribution in [2.75, 3.05) is 5.32 Å². The summed E-state index contributed by atoms with van der Waals surface area (Å²) in [6, 6.07) is 11.4. The highest BCUT2D eigenvalue weighted by molar-refractivity contribution is 5.88. The average Bonchev–Trinajstić information content (AvgIpc) is 2.57. The van der Waals surface area contributed by atoms with Crippen molar-refractivity contribution in [1.82, 2.24) is 0 Å². The van der Waals surface area contributed by atoms with E-state index in [0.717, 1.165) is 24.2 Å². The number of nitrogens with one attached hydrogen (secondary N) is 1. The van der Waals surface area contributed by atoms with Crippen molar-refractivity contribution < 1.29 is 9.90 Å². The van der Waals surface area contributed by atoms with E-state index in [9.17, 15) is 4.79 Å². The topological polar surface area (TPSA) is 49.3 Å². The summed E-state index contributed by atoms with van der Waals surface area (Å²) in [6.45, 7) is 8.90. The van der Waals surface area contributed by atoms with E-state index >= 15 is 0 Å². The minimum Gasteiger partial charge on any atom is -0.478 e. The van der Waals surface area contributed by atoms with Gasteiger partial charge in [-0.2, -0.15) is 0 Å². The minimum atomic E-state index is -0.905. The highest BCUT2D eigenvalue weighted by atomic mass is 16.4. The monoisotopic (exact) mass is 335 g/mol. The molecule has 2 aromatic rings. The van der Waals surface area contributed by atoms with Gasteiger partial charge in [0.05, 0.1) is 5.56 Å². The third kappa shape index (κ3) is 3.32. The lowest BCUT2D eigenvalue weighted by Crippen LogP contribution is -2.22. The first kappa shape index (κ1) is 17.3. The number of aromatic carboxylic acids is 1. The molecule has 3 rings (SSSR count). The van der Waals surface area contributed by atoms with Crippen LogP contribution >= 0.6 is 0 Å². The van der Waals surface area contributed by atoms with Crippen LogP contribution in [0, 0.1) is 6.92 Å². The number of benzene rings is 2. The van der Waals surface area contributed by atoms with Crippen LogP contribution in [-0.2, 0) is 5.41 Å². The molecule has 25 heavy (non-hydrogen) atoms. The lowest BCUT2D eigenvalue weighted by Gasteiger charge is -2.33. The molecule has 1 aliphatic rings. The molecule has 0 unspecified atom stereocenters. The summed E-state index contributed by atoms with van der Waals surface area (Å²) < 4.78 is 0. The van der Waals surface area contributed by atoms with Crippen LogP contribution in [0.2, 0.25) is 0 Å². The fraction of sp³-hybridized carbons (Fsp3) is 0.318. The molecule has 3 nitrogen and oxygen atoms in total. The number of hydrogen-bond donors (Lipinski definition) is 2. The molecule has 0 fully saturated rings. The number of aryl methyl sites for hydroxylation is 1. The second-order valence-corrected chi connectivity index (χ2v) is 7.39. The van der Waals surface area contributed by atoms with Crippen molar-refractivity contribution in [1.29, 1.82) is 0 Å². The minimum absolute atomic E-state index is 0.116. The Morgan fingerprint density at radius 3 is 2.48 bits per heavy atom. The Bertz CT molecular complexity index is 845. The predicted molar refractivity (Wildman–Crippen MR) is 104 cm³/mol. The summed E-state index contributed by atoms with van der Waals surface area (Å²) in [4.78, 5) is 11.0. The maximum atomic E-state index is 11.0. The molecule has 0 aliphatic heterocycles. The maximum Gasteiger partial charge on any atom is 0.335 e. The first-order valence-electron chi connectivity index (χ1n) is 8.76. The molecule has 1 aliphatic carbocycles. The van der Waals surface area contributed by atoms with Gasteiger partial charge in [0, 0.05) is 11.4 Å². The highest BCUT2D eigenvalue weighted by Crippen LogP contribution is 2.42. The van der Waals surface area contributed by atoms with Crippen LogP contribution in [0.5, 0.6) is 0 Å². The zero-order valence-corrected chi connectivity index (χ0v) is 15.3. The summed E-state index contributed by atoms with van der Waals surface area (Å²) in [6.07, 6.45) is 4.48. The molecule has 0 amide bonds. The summed E-state index contributed by atoms with van der Waals surface area (Å²) in [5.41, 5.74) is 7.75. The van der Waals surface area contributed by atoms with Crippen LogP contribution < -0.4 is 5.32 Å². The third-order valence-electron chi connectivity index (χ3n) is 5.09. The van der Waals surface area contributed by atoms with E-state index in [4.69, 9.17) is 5.11 Å². The van der Waals surface area contributed by atoms with Gasteiger partial charge in [-0.05, 0) is 83.8 Å². The number of rotatable bonds is 4. The molecule has 0 aromatic heterocycles. The molecule has 0 heterocycles. The van der Waals surface area contributed by atoms with E-state index in [2.05, 4.69) is 51.2 Å².